The van der Waals surface area contributed by atoms with Gasteiger partial charge in [0.25, 0.3) is 0 Å². The molecule has 0 saturated heterocycles. The predicted molar refractivity (Wildman–Crippen MR) is 124 cm³/mol. The number of hydrogen-bond acceptors (Lipinski definition) is 3. The molecule has 5 nitrogen and oxygen atoms in total. The second kappa shape index (κ2) is 8.99. The Morgan fingerprint density at radius 1 is 1.19 bits per heavy atom. The first-order valence-electron chi connectivity index (χ1n) is 11.6. The lowest BCUT2D eigenvalue weighted by Crippen LogP contribution is -2.34. The maximum atomic E-state index is 12.2. The maximum absolute atomic E-state index is 12.2. The molecule has 0 radical (unpaired) electrons. The minimum atomic E-state index is -0.356. The fourth-order valence-electron chi connectivity index (χ4n) is 5.03. The molecule has 2 aromatic rings. The Morgan fingerprint density at radius 3 is 2.65 bits per heavy atom. The predicted octanol–water partition coefficient (Wildman–Crippen LogP) is 5.45. The van der Waals surface area contributed by atoms with Crippen LogP contribution < -0.4 is 5.73 Å². The highest BCUT2D eigenvalue weighted by Gasteiger charge is 2.36. The summed E-state index contributed by atoms with van der Waals surface area (Å²) >= 11 is 0. The molecule has 0 unspecified atom stereocenters. The highest BCUT2D eigenvalue weighted by Crippen LogP contribution is 2.44. The van der Waals surface area contributed by atoms with Gasteiger partial charge in [-0.2, -0.15) is 0 Å². The number of nitrogens with zero attached hydrogens (tertiary/aromatic N) is 2. The van der Waals surface area contributed by atoms with Gasteiger partial charge in [0.15, 0.2) is 0 Å². The number of ether oxygens (including phenoxy) is 1. The molecule has 1 aromatic heterocycles. The number of rotatable bonds is 7. The number of hydrogen-bond donors (Lipinski definition) is 1. The van der Waals surface area contributed by atoms with Gasteiger partial charge in [0.1, 0.15) is 0 Å². The zero-order valence-corrected chi connectivity index (χ0v) is 18.9. The van der Waals surface area contributed by atoms with E-state index in [1.807, 2.05) is 23.2 Å². The molecule has 0 aliphatic heterocycles. The third-order valence-electron chi connectivity index (χ3n) is 7.08. The summed E-state index contributed by atoms with van der Waals surface area (Å²) < 4.78 is 8.67. The quantitative estimate of drug-likeness (QED) is 0.646. The summed E-state index contributed by atoms with van der Waals surface area (Å²) in [5.74, 6) is -0.356. The molecule has 2 aliphatic rings. The van der Waals surface area contributed by atoms with Crippen molar-refractivity contribution >= 4 is 11.5 Å². The number of imidazole rings is 1. The first-order valence-corrected chi connectivity index (χ1v) is 11.6. The van der Waals surface area contributed by atoms with Crippen LogP contribution in [0.5, 0.6) is 0 Å². The molecule has 166 valence electrons. The summed E-state index contributed by atoms with van der Waals surface area (Å²) in [5.41, 5.74) is 9.85. The van der Waals surface area contributed by atoms with Crippen molar-refractivity contribution in [3.8, 4) is 0 Å². The topological polar surface area (TPSA) is 70.1 Å². The fourth-order valence-corrected chi connectivity index (χ4v) is 5.03. The van der Waals surface area contributed by atoms with Gasteiger partial charge >= 0.3 is 0 Å². The summed E-state index contributed by atoms with van der Waals surface area (Å²) in [4.78, 5) is 16.3. The molecule has 1 fully saturated rings. The molecule has 1 amide bonds. The van der Waals surface area contributed by atoms with Crippen LogP contribution in [-0.2, 0) is 16.9 Å². The van der Waals surface area contributed by atoms with Gasteiger partial charge in [-0.1, -0.05) is 45.3 Å². The number of carbonyl (C=O) groups excluding carboxylic acids is 1. The summed E-state index contributed by atoms with van der Waals surface area (Å²) in [6.45, 7) is 6.03. The standard InChI is InChI=1S/C26H35N3O2/c1-25(2)12-8-20(9-13-25)23-18-21(6-7-22(23)24(27)30)26(10-4-3-5-11-26)31-17-16-29-15-14-28-19-29/h6-8,14-15,18-19H,3-5,9-13,16-17H2,1-2H3,(H2,27,30). The second-order valence-electron chi connectivity index (χ2n) is 9.93. The number of allylic oxidation sites excluding steroid dienone is 2. The minimum absolute atomic E-state index is 0.293. The van der Waals surface area contributed by atoms with Crippen molar-refractivity contribution in [1.82, 2.24) is 9.55 Å². The first kappa shape index (κ1) is 21.8. The Balaban J connectivity index is 1.65. The normalized spacial score (nSPS) is 20.3. The van der Waals surface area contributed by atoms with Crippen LogP contribution in [0.25, 0.3) is 5.57 Å². The van der Waals surface area contributed by atoms with Crippen LogP contribution in [0.3, 0.4) is 0 Å². The highest BCUT2D eigenvalue weighted by atomic mass is 16.5. The lowest BCUT2D eigenvalue weighted by atomic mass is 9.74. The molecule has 5 heteroatoms. The number of primary amides is 1. The SMILES string of the molecule is CC1(C)CC=C(c2cc(C3(OCCn4ccnc4)CCCCC3)ccc2C(N)=O)CC1. The molecule has 2 aliphatic carbocycles. The Hall–Kier alpha value is -2.40. The van der Waals surface area contributed by atoms with Crippen molar-refractivity contribution in [1.29, 1.82) is 0 Å². The Bertz CT molecular complexity index is 938. The summed E-state index contributed by atoms with van der Waals surface area (Å²) in [6.07, 6.45) is 16.6. The average Bonchev–Trinajstić information content (AvgIpc) is 3.27. The van der Waals surface area contributed by atoms with Gasteiger partial charge in [-0.3, -0.25) is 4.79 Å². The molecule has 1 saturated carbocycles. The van der Waals surface area contributed by atoms with Crippen LogP contribution in [0.1, 0.15) is 86.7 Å². The molecule has 0 bridgehead atoms. The Kier molecular flexibility index (Phi) is 6.33. The Labute approximate surface area is 185 Å². The molecule has 2 N–H and O–H groups in total. The van der Waals surface area contributed by atoms with E-state index in [1.165, 1.54) is 17.6 Å². The van der Waals surface area contributed by atoms with E-state index >= 15 is 0 Å². The molecule has 0 spiro atoms. The second-order valence-corrected chi connectivity index (χ2v) is 9.93. The van der Waals surface area contributed by atoms with Crippen LogP contribution in [0, 0.1) is 5.41 Å². The number of aromatic nitrogens is 2. The first-order chi connectivity index (χ1) is 14.9. The van der Waals surface area contributed by atoms with E-state index in [-0.39, 0.29) is 11.5 Å². The third kappa shape index (κ3) is 4.93. The van der Waals surface area contributed by atoms with E-state index < -0.39 is 0 Å². The number of carbonyl (C=O) groups is 1. The number of amides is 1. The van der Waals surface area contributed by atoms with Crippen molar-refractivity contribution in [2.75, 3.05) is 6.61 Å². The Morgan fingerprint density at radius 2 is 2.00 bits per heavy atom. The van der Waals surface area contributed by atoms with E-state index in [9.17, 15) is 4.79 Å². The van der Waals surface area contributed by atoms with Gasteiger partial charge in [-0.25, -0.2) is 4.98 Å². The van der Waals surface area contributed by atoms with Crippen LogP contribution in [0.2, 0.25) is 0 Å². The van der Waals surface area contributed by atoms with Gasteiger partial charge in [0, 0.05) is 24.5 Å². The third-order valence-corrected chi connectivity index (χ3v) is 7.08. The van der Waals surface area contributed by atoms with Crippen molar-refractivity contribution in [2.24, 2.45) is 11.1 Å². The van der Waals surface area contributed by atoms with E-state index in [2.05, 4.69) is 37.0 Å². The van der Waals surface area contributed by atoms with E-state index in [1.54, 1.807) is 6.20 Å². The van der Waals surface area contributed by atoms with E-state index in [0.29, 0.717) is 17.6 Å². The van der Waals surface area contributed by atoms with E-state index in [0.717, 1.165) is 57.1 Å². The van der Waals surface area contributed by atoms with Crippen LogP contribution >= 0.6 is 0 Å². The van der Waals surface area contributed by atoms with Gasteiger partial charge in [0.2, 0.25) is 5.91 Å². The lowest BCUT2D eigenvalue weighted by Gasteiger charge is -2.38. The van der Waals surface area contributed by atoms with Crippen LogP contribution in [0.4, 0.5) is 0 Å². The maximum Gasteiger partial charge on any atom is 0.249 e. The molecular weight excluding hydrogens is 386 g/mol. The van der Waals surface area contributed by atoms with Crippen molar-refractivity contribution in [3.05, 3.63) is 59.7 Å². The van der Waals surface area contributed by atoms with Gasteiger partial charge in [0.05, 0.1) is 18.5 Å². The molecule has 1 aromatic carbocycles. The van der Waals surface area contributed by atoms with Crippen molar-refractivity contribution in [2.45, 2.75) is 77.4 Å². The lowest BCUT2D eigenvalue weighted by molar-refractivity contribution is -0.0787. The zero-order valence-electron chi connectivity index (χ0n) is 18.9. The monoisotopic (exact) mass is 421 g/mol. The number of nitrogens with two attached hydrogens (primary N) is 1. The molecule has 31 heavy (non-hydrogen) atoms. The van der Waals surface area contributed by atoms with Gasteiger partial charge in [-0.15, -0.1) is 0 Å². The minimum Gasteiger partial charge on any atom is -0.368 e. The van der Waals surface area contributed by atoms with E-state index in [4.69, 9.17) is 10.5 Å². The smallest absolute Gasteiger partial charge is 0.249 e. The molecular formula is C26H35N3O2. The van der Waals surface area contributed by atoms with Crippen molar-refractivity contribution in [3.63, 3.8) is 0 Å². The summed E-state index contributed by atoms with van der Waals surface area (Å²) in [7, 11) is 0. The van der Waals surface area contributed by atoms with Gasteiger partial charge < -0.3 is 15.0 Å². The fraction of sp³-hybridized carbons (Fsp3) is 0.538. The molecule has 1 heterocycles. The zero-order chi connectivity index (χ0) is 21.9. The summed E-state index contributed by atoms with van der Waals surface area (Å²) in [5, 5.41) is 0. The summed E-state index contributed by atoms with van der Waals surface area (Å²) in [6, 6.07) is 6.19. The number of benzene rings is 1. The largest absolute Gasteiger partial charge is 0.368 e. The van der Waals surface area contributed by atoms with Gasteiger partial charge in [-0.05, 0) is 66.4 Å². The molecule has 0 atom stereocenters. The molecule has 4 rings (SSSR count). The average molecular weight is 422 g/mol. The van der Waals surface area contributed by atoms with Crippen molar-refractivity contribution < 1.29 is 9.53 Å². The van der Waals surface area contributed by atoms with Crippen LogP contribution in [0.15, 0.2) is 43.0 Å². The van der Waals surface area contributed by atoms with Crippen LogP contribution in [-0.4, -0.2) is 22.1 Å². The highest BCUT2D eigenvalue weighted by molar-refractivity contribution is 5.98.